The van der Waals surface area contributed by atoms with Crippen LogP contribution in [-0.2, 0) is 21.3 Å². The lowest BCUT2D eigenvalue weighted by Crippen LogP contribution is -2.08. The van der Waals surface area contributed by atoms with Crippen LogP contribution in [-0.4, -0.2) is 23.7 Å². The first kappa shape index (κ1) is 14.5. The molecule has 3 aromatic heterocycles. The molecule has 9 heteroatoms. The number of nitrogens with zero attached hydrogens (tertiary/aromatic N) is 3. The van der Waals surface area contributed by atoms with E-state index in [2.05, 4.69) is 15.3 Å². The predicted molar refractivity (Wildman–Crippen MR) is 74.3 cm³/mol. The number of hydrogen-bond acceptors (Lipinski definition) is 8. The molecule has 0 spiro atoms. The van der Waals surface area contributed by atoms with E-state index in [1.54, 1.807) is 26.0 Å². The Morgan fingerprint density at radius 3 is 2.59 bits per heavy atom. The highest BCUT2D eigenvalue weighted by Crippen LogP contribution is 2.25. The zero-order chi connectivity index (χ0) is 15.7. The minimum Gasteiger partial charge on any atom is -0.468 e. The van der Waals surface area contributed by atoms with Crippen LogP contribution in [0.15, 0.2) is 31.9 Å². The Labute approximate surface area is 126 Å². The van der Waals surface area contributed by atoms with Crippen molar-refractivity contribution >= 4 is 9.84 Å². The molecule has 8 nitrogen and oxygen atoms in total. The fraction of sp³-hybridized carbons (Fsp3) is 0.308. The quantitative estimate of drug-likeness (QED) is 0.701. The fourth-order valence-electron chi connectivity index (χ4n) is 2.06. The molecular formula is C13H13N3O5S. The molecule has 22 heavy (non-hydrogen) atoms. The molecular weight excluding hydrogens is 310 g/mol. The van der Waals surface area contributed by atoms with Crippen LogP contribution in [0, 0.1) is 13.8 Å². The fourth-order valence-corrected chi connectivity index (χ4v) is 3.27. The van der Waals surface area contributed by atoms with E-state index in [0.717, 1.165) is 0 Å². The standard InChI is InChI=1S/C13H13N3O5S/c1-8-12(9(2)20-15-8)13-14-11(16-21-13)7-22(17,18)6-10-4-3-5-19-10/h3-5H,6-7H2,1-2H3. The molecule has 0 aliphatic carbocycles. The van der Waals surface area contributed by atoms with Crippen LogP contribution in [0.5, 0.6) is 0 Å². The van der Waals surface area contributed by atoms with Gasteiger partial charge in [0.1, 0.15) is 28.6 Å². The molecule has 0 aromatic carbocycles. The third-order valence-corrected chi connectivity index (χ3v) is 4.43. The van der Waals surface area contributed by atoms with Gasteiger partial charge >= 0.3 is 0 Å². The molecule has 0 fully saturated rings. The Morgan fingerprint density at radius 2 is 1.95 bits per heavy atom. The van der Waals surface area contributed by atoms with Crippen LogP contribution in [0.4, 0.5) is 0 Å². The van der Waals surface area contributed by atoms with Crippen molar-refractivity contribution in [1.82, 2.24) is 15.3 Å². The number of aryl methyl sites for hydroxylation is 2. The summed E-state index contributed by atoms with van der Waals surface area (Å²) in [6, 6.07) is 3.23. The largest absolute Gasteiger partial charge is 0.468 e. The normalized spacial score (nSPS) is 11.9. The lowest BCUT2D eigenvalue weighted by Gasteiger charge is -1.97. The van der Waals surface area contributed by atoms with Crippen molar-refractivity contribution in [2.24, 2.45) is 0 Å². The number of hydrogen-bond donors (Lipinski definition) is 0. The lowest BCUT2D eigenvalue weighted by molar-refractivity contribution is 0.392. The van der Waals surface area contributed by atoms with Crippen LogP contribution >= 0.6 is 0 Å². The van der Waals surface area contributed by atoms with Gasteiger partial charge < -0.3 is 13.5 Å². The molecule has 0 saturated carbocycles. The van der Waals surface area contributed by atoms with Crippen molar-refractivity contribution < 1.29 is 21.9 Å². The van der Waals surface area contributed by atoms with Gasteiger partial charge in [0, 0.05) is 0 Å². The molecule has 0 radical (unpaired) electrons. The minimum atomic E-state index is -3.45. The van der Waals surface area contributed by atoms with Gasteiger partial charge in [0.05, 0.1) is 12.0 Å². The van der Waals surface area contributed by atoms with Gasteiger partial charge in [-0.3, -0.25) is 0 Å². The zero-order valence-corrected chi connectivity index (χ0v) is 12.8. The van der Waals surface area contributed by atoms with E-state index in [-0.39, 0.29) is 23.2 Å². The summed E-state index contributed by atoms with van der Waals surface area (Å²) in [4.78, 5) is 4.10. The average molecular weight is 323 g/mol. The Bertz CT molecular complexity index is 857. The Kier molecular flexibility index (Phi) is 3.57. The molecule has 0 N–H and O–H groups in total. The maximum Gasteiger partial charge on any atom is 0.263 e. The Morgan fingerprint density at radius 1 is 1.14 bits per heavy atom. The van der Waals surface area contributed by atoms with Crippen LogP contribution in [0.3, 0.4) is 0 Å². The average Bonchev–Trinajstić information content (AvgIpc) is 3.13. The van der Waals surface area contributed by atoms with Crippen molar-refractivity contribution in [1.29, 1.82) is 0 Å². The van der Waals surface area contributed by atoms with E-state index in [0.29, 0.717) is 22.8 Å². The molecule has 3 aromatic rings. The molecule has 3 heterocycles. The van der Waals surface area contributed by atoms with Crippen molar-refractivity contribution in [3.63, 3.8) is 0 Å². The van der Waals surface area contributed by atoms with Gasteiger partial charge in [-0.15, -0.1) is 0 Å². The molecule has 0 aliphatic heterocycles. The van der Waals surface area contributed by atoms with Crippen LogP contribution < -0.4 is 0 Å². The van der Waals surface area contributed by atoms with Crippen molar-refractivity contribution in [2.75, 3.05) is 0 Å². The highest BCUT2D eigenvalue weighted by atomic mass is 32.2. The van der Waals surface area contributed by atoms with Gasteiger partial charge in [-0.1, -0.05) is 10.3 Å². The van der Waals surface area contributed by atoms with E-state index in [4.69, 9.17) is 13.5 Å². The van der Waals surface area contributed by atoms with Gasteiger partial charge in [-0.05, 0) is 26.0 Å². The van der Waals surface area contributed by atoms with Crippen LogP contribution in [0.2, 0.25) is 0 Å². The molecule has 0 amide bonds. The van der Waals surface area contributed by atoms with E-state index in [1.165, 1.54) is 6.26 Å². The monoisotopic (exact) mass is 323 g/mol. The third-order valence-electron chi connectivity index (χ3n) is 3.01. The minimum absolute atomic E-state index is 0.0848. The topological polar surface area (TPSA) is 112 Å². The first-order chi connectivity index (χ1) is 10.4. The molecule has 0 aliphatic rings. The Hall–Kier alpha value is -2.42. The number of aromatic nitrogens is 3. The summed E-state index contributed by atoms with van der Waals surface area (Å²) in [7, 11) is -3.45. The highest BCUT2D eigenvalue weighted by Gasteiger charge is 2.22. The molecule has 3 rings (SSSR count). The van der Waals surface area contributed by atoms with E-state index in [1.807, 2.05) is 0 Å². The summed E-state index contributed by atoms with van der Waals surface area (Å²) in [6.45, 7) is 3.45. The van der Waals surface area contributed by atoms with Crippen molar-refractivity contribution in [3.8, 4) is 11.5 Å². The molecule has 0 unspecified atom stereocenters. The molecule has 0 saturated heterocycles. The summed E-state index contributed by atoms with van der Waals surface area (Å²) in [5, 5.41) is 7.50. The zero-order valence-electron chi connectivity index (χ0n) is 11.9. The van der Waals surface area contributed by atoms with Crippen LogP contribution in [0.1, 0.15) is 23.0 Å². The van der Waals surface area contributed by atoms with Gasteiger partial charge in [0.25, 0.3) is 5.89 Å². The van der Waals surface area contributed by atoms with E-state index in [9.17, 15) is 8.42 Å². The SMILES string of the molecule is Cc1noc(C)c1-c1nc(CS(=O)(=O)Cc2ccco2)no1. The van der Waals surface area contributed by atoms with Crippen molar-refractivity contribution in [3.05, 3.63) is 41.4 Å². The first-order valence-corrected chi connectivity index (χ1v) is 8.25. The second kappa shape index (κ2) is 5.41. The maximum absolute atomic E-state index is 12.1. The Balaban J connectivity index is 1.80. The second-order valence-electron chi connectivity index (χ2n) is 4.83. The number of rotatable bonds is 5. The lowest BCUT2D eigenvalue weighted by atomic mass is 10.2. The summed E-state index contributed by atoms with van der Waals surface area (Å²) in [5.41, 5.74) is 1.19. The summed E-state index contributed by atoms with van der Waals surface area (Å²) in [6.07, 6.45) is 1.43. The molecule has 0 atom stereocenters. The van der Waals surface area contributed by atoms with Gasteiger partial charge in [-0.2, -0.15) is 4.98 Å². The summed E-state index contributed by atoms with van der Waals surface area (Å²) >= 11 is 0. The summed E-state index contributed by atoms with van der Waals surface area (Å²) < 4.78 is 39.3. The molecule has 0 bridgehead atoms. The smallest absolute Gasteiger partial charge is 0.263 e. The third kappa shape index (κ3) is 2.93. The predicted octanol–water partition coefficient (Wildman–Crippen LogP) is 2.05. The van der Waals surface area contributed by atoms with E-state index < -0.39 is 9.84 Å². The van der Waals surface area contributed by atoms with Gasteiger partial charge in [0.15, 0.2) is 15.7 Å². The highest BCUT2D eigenvalue weighted by molar-refractivity contribution is 7.89. The van der Waals surface area contributed by atoms with Gasteiger partial charge in [-0.25, -0.2) is 8.42 Å². The van der Waals surface area contributed by atoms with E-state index >= 15 is 0 Å². The molecule has 116 valence electrons. The number of sulfone groups is 1. The van der Waals surface area contributed by atoms with Gasteiger partial charge in [0.2, 0.25) is 0 Å². The second-order valence-corrected chi connectivity index (χ2v) is 6.89. The first-order valence-electron chi connectivity index (χ1n) is 6.43. The maximum atomic E-state index is 12.1. The summed E-state index contributed by atoms with van der Waals surface area (Å²) in [5.74, 6) is 0.636. The van der Waals surface area contributed by atoms with Crippen LogP contribution in [0.25, 0.3) is 11.5 Å². The number of furan rings is 1. The van der Waals surface area contributed by atoms with Crippen molar-refractivity contribution in [2.45, 2.75) is 25.4 Å².